The standard InChI is InChI=1S/C26H38F3N3O3/c1-25(2,3)35-24(34)30-18-20-6-4-19(5-7-20)8-13-23(33)32-16-14-31(15-17-32)22-11-9-21(10-12-22)26(27,28)29/h9-12,19-20H,4-8,13-18H2,1-3H3,(H,30,34). The van der Waals surface area contributed by atoms with Crippen molar-refractivity contribution in [2.75, 3.05) is 37.6 Å². The lowest BCUT2D eigenvalue weighted by Crippen LogP contribution is -2.48. The molecule has 1 saturated heterocycles. The van der Waals surface area contributed by atoms with Crippen molar-refractivity contribution in [2.24, 2.45) is 11.8 Å². The van der Waals surface area contributed by atoms with Gasteiger partial charge in [-0.2, -0.15) is 13.2 Å². The van der Waals surface area contributed by atoms with Crippen LogP contribution in [0, 0.1) is 11.8 Å². The van der Waals surface area contributed by atoms with Gasteiger partial charge in [0.2, 0.25) is 5.91 Å². The summed E-state index contributed by atoms with van der Waals surface area (Å²) in [5.74, 6) is 1.14. The minimum atomic E-state index is -4.33. The summed E-state index contributed by atoms with van der Waals surface area (Å²) in [5, 5.41) is 2.87. The first kappa shape index (κ1) is 27.1. The molecule has 0 atom stereocenters. The monoisotopic (exact) mass is 497 g/mol. The zero-order chi connectivity index (χ0) is 25.6. The number of benzene rings is 1. The molecule has 0 bridgehead atoms. The number of amides is 2. The molecule has 2 fully saturated rings. The second-order valence-corrected chi connectivity index (χ2v) is 10.7. The Bertz CT molecular complexity index is 836. The minimum absolute atomic E-state index is 0.158. The van der Waals surface area contributed by atoms with Gasteiger partial charge in [-0.25, -0.2) is 4.79 Å². The third kappa shape index (κ3) is 8.61. The van der Waals surface area contributed by atoms with Crippen LogP contribution < -0.4 is 10.2 Å². The molecule has 1 N–H and O–H groups in total. The molecule has 2 amide bonds. The molecule has 1 heterocycles. The van der Waals surface area contributed by atoms with E-state index in [1.165, 1.54) is 12.1 Å². The summed E-state index contributed by atoms with van der Waals surface area (Å²) >= 11 is 0. The summed E-state index contributed by atoms with van der Waals surface area (Å²) in [7, 11) is 0. The Labute approximate surface area is 206 Å². The Hall–Kier alpha value is -2.45. The Kier molecular flexibility index (Phi) is 8.94. The van der Waals surface area contributed by atoms with Gasteiger partial charge in [-0.15, -0.1) is 0 Å². The predicted octanol–water partition coefficient (Wildman–Crippen LogP) is 5.47. The van der Waals surface area contributed by atoms with Crippen molar-refractivity contribution in [1.82, 2.24) is 10.2 Å². The van der Waals surface area contributed by atoms with Crippen LogP contribution in [-0.2, 0) is 15.7 Å². The van der Waals surface area contributed by atoms with Crippen molar-refractivity contribution in [1.29, 1.82) is 0 Å². The van der Waals surface area contributed by atoms with Gasteiger partial charge in [0, 0.05) is 44.8 Å². The number of carbonyl (C=O) groups is 2. The molecule has 0 aromatic heterocycles. The molecule has 2 aliphatic rings. The molecule has 0 unspecified atom stereocenters. The molecule has 1 aliphatic carbocycles. The summed E-state index contributed by atoms with van der Waals surface area (Å²) in [5.41, 5.74) is -0.394. The van der Waals surface area contributed by atoms with Crippen LogP contribution >= 0.6 is 0 Å². The van der Waals surface area contributed by atoms with Crippen LogP contribution in [0.1, 0.15) is 64.9 Å². The number of ether oxygens (including phenoxy) is 1. The maximum atomic E-state index is 12.8. The number of anilines is 1. The number of alkyl carbamates (subject to hydrolysis) is 1. The quantitative estimate of drug-likeness (QED) is 0.567. The zero-order valence-corrected chi connectivity index (χ0v) is 21.0. The number of hydrogen-bond donors (Lipinski definition) is 1. The van der Waals surface area contributed by atoms with Gasteiger partial charge in [-0.3, -0.25) is 4.79 Å². The first-order valence-corrected chi connectivity index (χ1v) is 12.6. The topological polar surface area (TPSA) is 61.9 Å². The normalized spacial score (nSPS) is 21.5. The molecule has 1 aromatic carbocycles. The van der Waals surface area contributed by atoms with Crippen molar-refractivity contribution in [3.63, 3.8) is 0 Å². The number of rotatable bonds is 6. The molecule has 6 nitrogen and oxygen atoms in total. The highest BCUT2D eigenvalue weighted by atomic mass is 19.4. The minimum Gasteiger partial charge on any atom is -0.444 e. The van der Waals surface area contributed by atoms with Gasteiger partial charge >= 0.3 is 12.3 Å². The van der Waals surface area contributed by atoms with E-state index in [4.69, 9.17) is 4.74 Å². The van der Waals surface area contributed by atoms with Gasteiger partial charge in [0.05, 0.1) is 5.56 Å². The molecule has 35 heavy (non-hydrogen) atoms. The zero-order valence-electron chi connectivity index (χ0n) is 21.0. The number of alkyl halides is 3. The Morgan fingerprint density at radius 3 is 2.06 bits per heavy atom. The predicted molar refractivity (Wildman–Crippen MR) is 129 cm³/mol. The van der Waals surface area contributed by atoms with Crippen molar-refractivity contribution >= 4 is 17.7 Å². The maximum Gasteiger partial charge on any atom is 0.416 e. The summed E-state index contributed by atoms with van der Waals surface area (Å²) in [4.78, 5) is 28.4. The van der Waals surface area contributed by atoms with Crippen molar-refractivity contribution < 1.29 is 27.5 Å². The maximum absolute atomic E-state index is 12.8. The van der Waals surface area contributed by atoms with E-state index >= 15 is 0 Å². The van der Waals surface area contributed by atoms with Gasteiger partial charge < -0.3 is 19.9 Å². The summed E-state index contributed by atoms with van der Waals surface area (Å²) < 4.78 is 43.6. The summed E-state index contributed by atoms with van der Waals surface area (Å²) in [6, 6.07) is 5.21. The van der Waals surface area contributed by atoms with Gasteiger partial charge in [-0.1, -0.05) is 12.8 Å². The van der Waals surface area contributed by atoms with E-state index in [1.807, 2.05) is 30.6 Å². The van der Waals surface area contributed by atoms with Crippen LogP contribution in [0.25, 0.3) is 0 Å². The average molecular weight is 498 g/mol. The summed E-state index contributed by atoms with van der Waals surface area (Å²) in [6.07, 6.45) is 0.922. The van der Waals surface area contributed by atoms with Crippen LogP contribution in [0.2, 0.25) is 0 Å². The van der Waals surface area contributed by atoms with E-state index < -0.39 is 17.3 Å². The fourth-order valence-electron chi connectivity index (χ4n) is 4.83. The Morgan fingerprint density at radius 1 is 0.943 bits per heavy atom. The van der Waals surface area contributed by atoms with Crippen LogP contribution in [-0.4, -0.2) is 55.2 Å². The number of carbonyl (C=O) groups excluding carboxylic acids is 2. The van der Waals surface area contributed by atoms with Gasteiger partial charge in [0.1, 0.15) is 5.60 Å². The SMILES string of the molecule is CC(C)(C)OC(=O)NCC1CCC(CCC(=O)N2CCN(c3ccc(C(F)(F)F)cc3)CC2)CC1. The highest BCUT2D eigenvalue weighted by Crippen LogP contribution is 2.32. The van der Waals surface area contributed by atoms with Gasteiger partial charge in [0.15, 0.2) is 0 Å². The number of nitrogens with zero attached hydrogens (tertiary/aromatic N) is 2. The first-order chi connectivity index (χ1) is 16.4. The van der Waals surface area contributed by atoms with Crippen LogP contribution in [0.5, 0.6) is 0 Å². The number of nitrogens with one attached hydrogen (secondary N) is 1. The van der Waals surface area contributed by atoms with Crippen molar-refractivity contribution in [3.05, 3.63) is 29.8 Å². The van der Waals surface area contributed by atoms with Gasteiger partial charge in [0.25, 0.3) is 0 Å². The van der Waals surface area contributed by atoms with Crippen molar-refractivity contribution in [3.8, 4) is 0 Å². The fraction of sp³-hybridized carbons (Fsp3) is 0.692. The lowest BCUT2D eigenvalue weighted by Gasteiger charge is -2.36. The molecule has 0 radical (unpaired) electrons. The van der Waals surface area contributed by atoms with Gasteiger partial charge in [-0.05, 0) is 76.1 Å². The Balaban J connectivity index is 1.32. The van der Waals surface area contributed by atoms with Crippen LogP contribution in [0.3, 0.4) is 0 Å². The lowest BCUT2D eigenvalue weighted by atomic mass is 9.80. The smallest absolute Gasteiger partial charge is 0.416 e. The molecular weight excluding hydrogens is 459 g/mol. The van der Waals surface area contributed by atoms with E-state index in [-0.39, 0.29) is 12.0 Å². The first-order valence-electron chi connectivity index (χ1n) is 12.6. The number of piperazine rings is 1. The van der Waals surface area contributed by atoms with E-state index in [0.717, 1.165) is 49.9 Å². The molecule has 3 rings (SSSR count). The molecule has 9 heteroatoms. The van der Waals surface area contributed by atoms with E-state index in [2.05, 4.69) is 5.32 Å². The van der Waals surface area contributed by atoms with E-state index in [1.54, 1.807) is 0 Å². The van der Waals surface area contributed by atoms with Crippen molar-refractivity contribution in [2.45, 2.75) is 71.1 Å². The molecule has 1 aromatic rings. The highest BCUT2D eigenvalue weighted by Gasteiger charge is 2.30. The van der Waals surface area contributed by atoms with E-state index in [9.17, 15) is 22.8 Å². The summed E-state index contributed by atoms with van der Waals surface area (Å²) in [6.45, 7) is 8.57. The number of halogens is 3. The second-order valence-electron chi connectivity index (χ2n) is 10.7. The van der Waals surface area contributed by atoms with Crippen LogP contribution in [0.15, 0.2) is 24.3 Å². The third-order valence-corrected chi connectivity index (χ3v) is 6.86. The average Bonchev–Trinajstić information content (AvgIpc) is 2.80. The Morgan fingerprint density at radius 2 is 1.51 bits per heavy atom. The lowest BCUT2D eigenvalue weighted by molar-refractivity contribution is -0.137. The third-order valence-electron chi connectivity index (χ3n) is 6.86. The number of hydrogen-bond acceptors (Lipinski definition) is 4. The molecule has 1 aliphatic heterocycles. The fourth-order valence-corrected chi connectivity index (χ4v) is 4.83. The van der Waals surface area contributed by atoms with E-state index in [0.29, 0.717) is 51.0 Å². The van der Waals surface area contributed by atoms with Crippen LogP contribution in [0.4, 0.5) is 23.7 Å². The molecular formula is C26H38F3N3O3. The second kappa shape index (κ2) is 11.5. The molecule has 196 valence electrons. The molecule has 1 saturated carbocycles. The highest BCUT2D eigenvalue weighted by molar-refractivity contribution is 5.76. The molecule has 0 spiro atoms. The largest absolute Gasteiger partial charge is 0.444 e.